The minimum atomic E-state index is -4.44. The first-order valence-electron chi connectivity index (χ1n) is 4.49. The topological polar surface area (TPSA) is 52.4 Å². The molecule has 0 aliphatic rings. The van der Waals surface area contributed by atoms with Crippen LogP contribution in [0, 0.1) is 10.1 Å². The second-order valence-corrected chi connectivity index (χ2v) is 4.70. The minimum Gasteiger partial charge on any atom is -0.490 e. The summed E-state index contributed by atoms with van der Waals surface area (Å²) in [6, 6.07) is 3.25. The second-order valence-electron chi connectivity index (χ2n) is 3.19. The first-order chi connectivity index (χ1) is 8.21. The molecule has 1 unspecified atom stereocenters. The number of hydrogen-bond acceptors (Lipinski definition) is 3. The van der Waals surface area contributed by atoms with E-state index in [0.29, 0.717) is 0 Å². The van der Waals surface area contributed by atoms with E-state index in [1.54, 1.807) is 0 Å². The van der Waals surface area contributed by atoms with Crippen LogP contribution in [0.1, 0.15) is 0 Å². The van der Waals surface area contributed by atoms with Crippen LogP contribution in [0.2, 0.25) is 5.02 Å². The molecule has 1 rings (SSSR count). The largest absolute Gasteiger partial charge is 0.490 e. The van der Waals surface area contributed by atoms with Crippen molar-refractivity contribution >= 4 is 33.2 Å². The van der Waals surface area contributed by atoms with Gasteiger partial charge in [0.2, 0.25) is 0 Å². The first kappa shape index (κ1) is 15.0. The normalized spacial score (nSPS) is 13.2. The molecule has 0 heterocycles. The maximum Gasteiger partial charge on any atom is 0.404 e. The highest BCUT2D eigenvalue weighted by Crippen LogP contribution is 2.31. The number of rotatable bonds is 4. The van der Waals surface area contributed by atoms with E-state index in [1.807, 2.05) is 0 Å². The molecule has 1 aromatic rings. The zero-order chi connectivity index (χ0) is 13.9. The number of alkyl halides is 4. The average molecular weight is 349 g/mol. The van der Waals surface area contributed by atoms with Gasteiger partial charge in [0.15, 0.2) is 0 Å². The molecule has 0 fully saturated rings. The first-order valence-corrected chi connectivity index (χ1v) is 5.78. The Balaban J connectivity index is 2.72. The summed E-state index contributed by atoms with van der Waals surface area (Å²) in [5.41, 5.74) is -0.265. The highest BCUT2D eigenvalue weighted by atomic mass is 79.9. The second kappa shape index (κ2) is 5.75. The van der Waals surface area contributed by atoms with Crippen LogP contribution in [0.4, 0.5) is 18.9 Å². The predicted octanol–water partition coefficient (Wildman–Crippen LogP) is 3.95. The van der Waals surface area contributed by atoms with E-state index in [2.05, 4.69) is 15.9 Å². The molecule has 0 spiro atoms. The lowest BCUT2D eigenvalue weighted by Gasteiger charge is -2.15. The molecular weight excluding hydrogens is 342 g/mol. The fourth-order valence-electron chi connectivity index (χ4n) is 0.978. The number of nitrogens with zero attached hydrogens (tertiary/aromatic N) is 1. The molecule has 0 aromatic heterocycles. The molecule has 0 N–H and O–H groups in total. The van der Waals surface area contributed by atoms with Crippen molar-refractivity contribution in [2.45, 2.75) is 11.0 Å². The Kier molecular flexibility index (Phi) is 4.80. The summed E-state index contributed by atoms with van der Waals surface area (Å²) < 4.78 is 41.4. The Morgan fingerprint density at radius 1 is 1.50 bits per heavy atom. The van der Waals surface area contributed by atoms with Crippen molar-refractivity contribution in [2.75, 3.05) is 6.61 Å². The van der Waals surface area contributed by atoms with Crippen LogP contribution in [-0.4, -0.2) is 22.5 Å². The Bertz CT molecular complexity index is 455. The Morgan fingerprint density at radius 2 is 2.11 bits per heavy atom. The molecule has 0 aliphatic heterocycles. The molecular formula is C9H6BrClF3NO3. The summed E-state index contributed by atoms with van der Waals surface area (Å²) >= 11 is 8.06. The van der Waals surface area contributed by atoms with Crippen LogP contribution >= 0.6 is 27.5 Å². The van der Waals surface area contributed by atoms with Crippen LogP contribution in [0.25, 0.3) is 0 Å². The fraction of sp³-hybridized carbons (Fsp3) is 0.333. The molecule has 1 atom stereocenters. The standard InChI is InChI=1S/C9H6BrClF3NO3/c10-8(9(12,13)14)4-18-7-2-1-5(15(16)17)3-6(7)11/h1-3,8H,4H2. The fourth-order valence-corrected chi connectivity index (χ4v) is 1.34. The molecule has 0 radical (unpaired) electrons. The van der Waals surface area contributed by atoms with Crippen molar-refractivity contribution in [3.05, 3.63) is 33.3 Å². The van der Waals surface area contributed by atoms with Gasteiger partial charge in [-0.1, -0.05) is 27.5 Å². The molecule has 18 heavy (non-hydrogen) atoms. The van der Waals surface area contributed by atoms with Crippen molar-refractivity contribution in [3.63, 3.8) is 0 Å². The van der Waals surface area contributed by atoms with Crippen molar-refractivity contribution in [1.82, 2.24) is 0 Å². The van der Waals surface area contributed by atoms with Crippen molar-refractivity contribution < 1.29 is 22.8 Å². The SMILES string of the molecule is O=[N+]([O-])c1ccc(OCC(Br)C(F)(F)F)c(Cl)c1. The average Bonchev–Trinajstić information content (AvgIpc) is 2.25. The van der Waals surface area contributed by atoms with Gasteiger partial charge in [0.25, 0.3) is 5.69 Å². The van der Waals surface area contributed by atoms with Crippen molar-refractivity contribution in [2.24, 2.45) is 0 Å². The van der Waals surface area contributed by atoms with Gasteiger partial charge in [0, 0.05) is 12.1 Å². The zero-order valence-electron chi connectivity index (χ0n) is 8.58. The van der Waals surface area contributed by atoms with E-state index in [4.69, 9.17) is 16.3 Å². The van der Waals surface area contributed by atoms with Crippen LogP contribution in [-0.2, 0) is 0 Å². The van der Waals surface area contributed by atoms with Crippen molar-refractivity contribution in [3.8, 4) is 5.75 Å². The van der Waals surface area contributed by atoms with Gasteiger partial charge < -0.3 is 4.74 Å². The summed E-state index contributed by atoms with van der Waals surface area (Å²) in [5.74, 6) is -0.0454. The van der Waals surface area contributed by atoms with Gasteiger partial charge in [0.05, 0.1) is 9.95 Å². The summed E-state index contributed by atoms with van der Waals surface area (Å²) in [6.07, 6.45) is -4.44. The van der Waals surface area contributed by atoms with E-state index in [0.717, 1.165) is 18.2 Å². The summed E-state index contributed by atoms with van der Waals surface area (Å²) in [4.78, 5) is 7.91. The lowest BCUT2D eigenvalue weighted by molar-refractivity contribution is -0.384. The van der Waals surface area contributed by atoms with E-state index in [9.17, 15) is 23.3 Å². The third-order valence-corrected chi connectivity index (χ3v) is 2.95. The molecule has 9 heteroatoms. The number of nitro groups is 1. The molecule has 0 aliphatic carbocycles. The maximum atomic E-state index is 12.2. The van der Waals surface area contributed by atoms with E-state index < -0.39 is 22.5 Å². The monoisotopic (exact) mass is 347 g/mol. The van der Waals surface area contributed by atoms with Gasteiger partial charge in [-0.05, 0) is 6.07 Å². The highest BCUT2D eigenvalue weighted by molar-refractivity contribution is 9.09. The molecule has 4 nitrogen and oxygen atoms in total. The predicted molar refractivity (Wildman–Crippen MR) is 62.4 cm³/mol. The van der Waals surface area contributed by atoms with Crippen LogP contribution in [0.15, 0.2) is 18.2 Å². The van der Waals surface area contributed by atoms with Gasteiger partial charge in [-0.15, -0.1) is 0 Å². The molecule has 0 bridgehead atoms. The van der Waals surface area contributed by atoms with Crippen LogP contribution in [0.5, 0.6) is 5.75 Å². The number of hydrogen-bond donors (Lipinski definition) is 0. The van der Waals surface area contributed by atoms with Gasteiger partial charge >= 0.3 is 6.18 Å². The molecule has 0 saturated heterocycles. The Hall–Kier alpha value is -1.02. The van der Waals surface area contributed by atoms with Crippen LogP contribution in [0.3, 0.4) is 0 Å². The summed E-state index contributed by atoms with van der Waals surface area (Å²) in [7, 11) is 0. The summed E-state index contributed by atoms with van der Waals surface area (Å²) in [5, 5.41) is 10.3. The van der Waals surface area contributed by atoms with E-state index in [1.165, 1.54) is 0 Å². The van der Waals surface area contributed by atoms with E-state index >= 15 is 0 Å². The molecule has 100 valence electrons. The summed E-state index contributed by atoms with van der Waals surface area (Å²) in [6.45, 7) is -0.680. The Morgan fingerprint density at radius 3 is 2.56 bits per heavy atom. The van der Waals surface area contributed by atoms with Crippen molar-refractivity contribution in [1.29, 1.82) is 0 Å². The maximum absolute atomic E-state index is 12.2. The van der Waals surface area contributed by atoms with Gasteiger partial charge in [-0.3, -0.25) is 10.1 Å². The number of nitro benzene ring substituents is 1. The minimum absolute atomic E-state index is 0.0454. The number of ether oxygens (including phenoxy) is 1. The third-order valence-electron chi connectivity index (χ3n) is 1.87. The van der Waals surface area contributed by atoms with Crippen LogP contribution < -0.4 is 4.74 Å². The Labute approximate surface area is 113 Å². The molecule has 1 aromatic carbocycles. The molecule has 0 saturated carbocycles. The number of non-ortho nitro benzene ring substituents is 1. The zero-order valence-corrected chi connectivity index (χ0v) is 10.9. The highest BCUT2D eigenvalue weighted by Gasteiger charge is 2.38. The lowest BCUT2D eigenvalue weighted by atomic mass is 10.3. The van der Waals surface area contributed by atoms with Gasteiger partial charge in [-0.25, -0.2) is 0 Å². The van der Waals surface area contributed by atoms with E-state index in [-0.39, 0.29) is 16.5 Å². The van der Waals surface area contributed by atoms with Gasteiger partial charge in [-0.2, -0.15) is 13.2 Å². The van der Waals surface area contributed by atoms with Gasteiger partial charge in [0.1, 0.15) is 17.2 Å². The lowest BCUT2D eigenvalue weighted by Crippen LogP contribution is -2.28. The third kappa shape index (κ3) is 4.02. The molecule has 0 amide bonds. The smallest absolute Gasteiger partial charge is 0.404 e. The number of halogens is 5. The quantitative estimate of drug-likeness (QED) is 0.470. The number of benzene rings is 1.